The van der Waals surface area contributed by atoms with Crippen molar-refractivity contribution < 1.29 is 9.53 Å². The third-order valence-corrected chi connectivity index (χ3v) is 5.11. The van der Waals surface area contributed by atoms with Crippen LogP contribution >= 0.6 is 11.3 Å². The van der Waals surface area contributed by atoms with Gasteiger partial charge in [0.05, 0.1) is 17.9 Å². The molecule has 1 aliphatic carbocycles. The molecule has 2 heterocycles. The number of allylic oxidation sites excluding steroid dienone is 2. The van der Waals surface area contributed by atoms with Crippen LogP contribution in [0.15, 0.2) is 17.5 Å². The first-order valence-corrected chi connectivity index (χ1v) is 9.26. The normalized spacial score (nSPS) is 28.7. The van der Waals surface area contributed by atoms with E-state index in [0.717, 1.165) is 44.6 Å². The van der Waals surface area contributed by atoms with Gasteiger partial charge in [0.15, 0.2) is 5.13 Å². The topological polar surface area (TPSA) is 54.5 Å². The Morgan fingerprint density at radius 1 is 1.39 bits per heavy atom. The van der Waals surface area contributed by atoms with Crippen LogP contribution in [0, 0.1) is 5.92 Å². The number of rotatable bonds is 4. The Morgan fingerprint density at radius 3 is 2.87 bits per heavy atom. The third kappa shape index (κ3) is 4.62. The molecular formula is C17H25N3O2S. The molecule has 2 aliphatic rings. The molecule has 1 aromatic rings. The Balaban J connectivity index is 1.53. The zero-order chi connectivity index (χ0) is 16.2. The van der Waals surface area contributed by atoms with E-state index in [1.54, 1.807) is 0 Å². The molecule has 1 saturated heterocycles. The standard InChI is InChI=1S/C17H25N3O2S/c1-12-8-20(9-13(2)22-12)10-15-11-23-17(18-15)19-16(21)14-6-4-3-5-7-14/h3-4,11-14H,5-10H2,1-2H3,(H,18,19,21)/t12-,13-,14-/m1/s1. The second kappa shape index (κ2) is 7.55. The molecule has 1 aliphatic heterocycles. The van der Waals surface area contributed by atoms with Crippen molar-refractivity contribution in [2.75, 3.05) is 18.4 Å². The van der Waals surface area contributed by atoms with Crippen LogP contribution in [0.1, 0.15) is 38.8 Å². The van der Waals surface area contributed by atoms with Crippen LogP contribution in [0.2, 0.25) is 0 Å². The van der Waals surface area contributed by atoms with Gasteiger partial charge in [0.25, 0.3) is 0 Å². The molecule has 126 valence electrons. The molecule has 1 amide bonds. The average molecular weight is 335 g/mol. The third-order valence-electron chi connectivity index (χ3n) is 4.30. The summed E-state index contributed by atoms with van der Waals surface area (Å²) in [5.74, 6) is 0.192. The smallest absolute Gasteiger partial charge is 0.229 e. The molecule has 0 unspecified atom stereocenters. The summed E-state index contributed by atoms with van der Waals surface area (Å²) in [6, 6.07) is 0. The average Bonchev–Trinajstić information content (AvgIpc) is 2.94. The molecule has 1 N–H and O–H groups in total. The predicted molar refractivity (Wildman–Crippen MR) is 92.5 cm³/mol. The highest BCUT2D eigenvalue weighted by Gasteiger charge is 2.23. The quantitative estimate of drug-likeness (QED) is 0.859. The summed E-state index contributed by atoms with van der Waals surface area (Å²) in [5.41, 5.74) is 1.02. The van der Waals surface area contributed by atoms with Gasteiger partial charge in [-0.1, -0.05) is 12.2 Å². The van der Waals surface area contributed by atoms with Gasteiger partial charge >= 0.3 is 0 Å². The van der Waals surface area contributed by atoms with E-state index in [0.29, 0.717) is 5.13 Å². The molecule has 23 heavy (non-hydrogen) atoms. The van der Waals surface area contributed by atoms with E-state index in [9.17, 15) is 4.79 Å². The molecule has 1 fully saturated rings. The number of hydrogen-bond donors (Lipinski definition) is 1. The van der Waals surface area contributed by atoms with Gasteiger partial charge in [-0.05, 0) is 33.1 Å². The highest BCUT2D eigenvalue weighted by atomic mass is 32.1. The number of anilines is 1. The zero-order valence-corrected chi connectivity index (χ0v) is 14.6. The molecule has 1 aromatic heterocycles. The van der Waals surface area contributed by atoms with Gasteiger partial charge < -0.3 is 10.1 Å². The van der Waals surface area contributed by atoms with Crippen LogP contribution in [-0.2, 0) is 16.1 Å². The highest BCUT2D eigenvalue weighted by molar-refractivity contribution is 7.13. The Kier molecular flexibility index (Phi) is 5.46. The van der Waals surface area contributed by atoms with Gasteiger partial charge in [0.1, 0.15) is 0 Å². The SMILES string of the molecule is C[C@@H]1CN(Cc2csc(NC(=O)[C@@H]3CC=CCC3)n2)C[C@@H](C)O1. The minimum Gasteiger partial charge on any atom is -0.373 e. The Morgan fingerprint density at radius 2 is 2.17 bits per heavy atom. The van der Waals surface area contributed by atoms with Crippen LogP contribution in [0.3, 0.4) is 0 Å². The van der Waals surface area contributed by atoms with Crippen LogP contribution in [0.25, 0.3) is 0 Å². The Labute approximate surface area is 141 Å². The van der Waals surface area contributed by atoms with Crippen molar-refractivity contribution >= 4 is 22.4 Å². The molecule has 0 spiro atoms. The summed E-state index contributed by atoms with van der Waals surface area (Å²) < 4.78 is 5.76. The van der Waals surface area contributed by atoms with Gasteiger partial charge in [-0.15, -0.1) is 11.3 Å². The molecule has 0 aromatic carbocycles. The number of nitrogens with zero attached hydrogens (tertiary/aromatic N) is 2. The van der Waals surface area contributed by atoms with Crippen LogP contribution < -0.4 is 5.32 Å². The molecule has 3 rings (SSSR count). The van der Waals surface area contributed by atoms with Crippen molar-refractivity contribution in [1.82, 2.24) is 9.88 Å². The number of amides is 1. The predicted octanol–water partition coefficient (Wildman–Crippen LogP) is 3.05. The second-order valence-corrected chi connectivity index (χ2v) is 7.42. The molecule has 6 heteroatoms. The van der Waals surface area contributed by atoms with Crippen molar-refractivity contribution in [3.8, 4) is 0 Å². The Bertz CT molecular complexity index is 562. The number of thiazole rings is 1. The van der Waals surface area contributed by atoms with Crippen molar-refractivity contribution in [2.45, 2.75) is 51.9 Å². The fraction of sp³-hybridized carbons (Fsp3) is 0.647. The van der Waals surface area contributed by atoms with Gasteiger partial charge in [-0.25, -0.2) is 4.98 Å². The molecule has 5 nitrogen and oxygen atoms in total. The fourth-order valence-corrected chi connectivity index (χ4v) is 4.02. The lowest BCUT2D eigenvalue weighted by molar-refractivity contribution is -0.120. The lowest BCUT2D eigenvalue weighted by Gasteiger charge is -2.34. The zero-order valence-electron chi connectivity index (χ0n) is 13.8. The summed E-state index contributed by atoms with van der Waals surface area (Å²) in [5, 5.41) is 5.74. The van der Waals surface area contributed by atoms with Crippen LogP contribution in [0.4, 0.5) is 5.13 Å². The van der Waals surface area contributed by atoms with E-state index in [2.05, 4.69) is 41.2 Å². The van der Waals surface area contributed by atoms with Crippen LogP contribution in [-0.4, -0.2) is 41.1 Å². The molecule has 3 atom stereocenters. The van der Waals surface area contributed by atoms with E-state index < -0.39 is 0 Å². The first-order valence-electron chi connectivity index (χ1n) is 8.38. The number of hydrogen-bond acceptors (Lipinski definition) is 5. The van der Waals surface area contributed by atoms with Crippen molar-refractivity contribution in [2.24, 2.45) is 5.92 Å². The summed E-state index contributed by atoms with van der Waals surface area (Å²) in [6.45, 7) is 6.88. The number of nitrogens with one attached hydrogen (secondary N) is 1. The van der Waals surface area contributed by atoms with E-state index in [1.165, 1.54) is 11.3 Å². The first-order chi connectivity index (χ1) is 11.1. The van der Waals surface area contributed by atoms with Gasteiger partial charge in [-0.3, -0.25) is 9.69 Å². The van der Waals surface area contributed by atoms with Crippen molar-refractivity contribution in [1.29, 1.82) is 0 Å². The summed E-state index contributed by atoms with van der Waals surface area (Å²) in [6.07, 6.45) is 7.54. The lowest BCUT2D eigenvalue weighted by Crippen LogP contribution is -2.44. The van der Waals surface area contributed by atoms with Gasteiger partial charge in [-0.2, -0.15) is 0 Å². The maximum absolute atomic E-state index is 12.2. The number of morpholine rings is 1. The van der Waals surface area contributed by atoms with Gasteiger partial charge in [0, 0.05) is 30.9 Å². The number of aromatic nitrogens is 1. The minimum absolute atomic E-state index is 0.0910. The number of carbonyl (C=O) groups is 1. The number of ether oxygens (including phenoxy) is 1. The fourth-order valence-electron chi connectivity index (χ4n) is 3.32. The van der Waals surface area contributed by atoms with Crippen LogP contribution in [0.5, 0.6) is 0 Å². The summed E-state index contributed by atoms with van der Waals surface area (Å²) in [4.78, 5) is 19.2. The maximum atomic E-state index is 12.2. The highest BCUT2D eigenvalue weighted by Crippen LogP contribution is 2.23. The molecule has 0 saturated carbocycles. The van der Waals surface area contributed by atoms with Crippen molar-refractivity contribution in [3.05, 3.63) is 23.2 Å². The largest absolute Gasteiger partial charge is 0.373 e. The summed E-state index contributed by atoms with van der Waals surface area (Å²) >= 11 is 1.51. The number of carbonyl (C=O) groups excluding carboxylic acids is 1. The van der Waals surface area contributed by atoms with Gasteiger partial charge in [0.2, 0.25) is 5.91 Å². The minimum atomic E-state index is 0.0910. The summed E-state index contributed by atoms with van der Waals surface area (Å²) in [7, 11) is 0. The van der Waals surface area contributed by atoms with Crippen molar-refractivity contribution in [3.63, 3.8) is 0 Å². The molecule has 0 bridgehead atoms. The molecular weight excluding hydrogens is 310 g/mol. The van der Waals surface area contributed by atoms with E-state index in [1.807, 2.05) is 5.38 Å². The van der Waals surface area contributed by atoms with E-state index >= 15 is 0 Å². The first kappa shape index (κ1) is 16.6. The lowest BCUT2D eigenvalue weighted by atomic mass is 9.94. The van der Waals surface area contributed by atoms with E-state index in [-0.39, 0.29) is 24.0 Å². The monoisotopic (exact) mass is 335 g/mol. The van der Waals surface area contributed by atoms with E-state index in [4.69, 9.17) is 4.74 Å². The Hall–Kier alpha value is -1.24. The second-order valence-electron chi connectivity index (χ2n) is 6.57. The maximum Gasteiger partial charge on any atom is 0.229 e. The molecule has 0 radical (unpaired) electrons.